The SMILES string of the molecule is O=C(Cn1nc2c(N3CCCCCC3)nccn2c1=O)Nc1cc(F)ccc1Cl. The number of rotatable bonds is 4. The Labute approximate surface area is 170 Å². The standard InChI is InChI=1S/C19H20ClFN6O2/c20-14-6-5-13(21)11-15(14)23-16(28)12-27-19(29)26-10-7-22-17(18(26)24-27)25-8-3-1-2-4-9-25/h5-7,10-11H,1-4,8-9,12H2,(H,23,28). The smallest absolute Gasteiger partial charge is 0.350 e. The molecule has 152 valence electrons. The van der Waals surface area contributed by atoms with Gasteiger partial charge in [-0.1, -0.05) is 24.4 Å². The fourth-order valence-corrected chi connectivity index (χ4v) is 3.63. The van der Waals surface area contributed by atoms with Crippen LogP contribution in [0.2, 0.25) is 5.02 Å². The molecule has 1 aliphatic heterocycles. The highest BCUT2D eigenvalue weighted by Crippen LogP contribution is 2.23. The first kappa shape index (κ1) is 19.4. The molecular formula is C19H20ClFN6O2. The van der Waals surface area contributed by atoms with Crippen LogP contribution in [-0.2, 0) is 11.3 Å². The van der Waals surface area contributed by atoms with Crippen molar-refractivity contribution in [3.63, 3.8) is 0 Å². The maximum absolute atomic E-state index is 13.4. The van der Waals surface area contributed by atoms with Crippen molar-refractivity contribution in [1.82, 2.24) is 19.2 Å². The summed E-state index contributed by atoms with van der Waals surface area (Å²) in [5.74, 6) is -0.422. The molecule has 2 aromatic heterocycles. The number of aromatic nitrogens is 4. The van der Waals surface area contributed by atoms with E-state index in [0.717, 1.165) is 36.7 Å². The maximum atomic E-state index is 13.4. The summed E-state index contributed by atoms with van der Waals surface area (Å²) in [4.78, 5) is 31.6. The van der Waals surface area contributed by atoms with E-state index in [1.54, 1.807) is 6.20 Å². The van der Waals surface area contributed by atoms with Crippen molar-refractivity contribution < 1.29 is 9.18 Å². The number of carbonyl (C=O) groups is 1. The summed E-state index contributed by atoms with van der Waals surface area (Å²) in [6.07, 6.45) is 7.55. The maximum Gasteiger partial charge on any atom is 0.350 e. The fourth-order valence-electron chi connectivity index (χ4n) is 3.46. The van der Waals surface area contributed by atoms with E-state index in [2.05, 4.69) is 20.3 Å². The second-order valence-corrected chi connectivity index (χ2v) is 7.37. The topological polar surface area (TPSA) is 84.5 Å². The van der Waals surface area contributed by atoms with Gasteiger partial charge in [0, 0.05) is 25.5 Å². The van der Waals surface area contributed by atoms with Gasteiger partial charge in [-0.15, -0.1) is 5.10 Å². The van der Waals surface area contributed by atoms with Crippen molar-refractivity contribution in [2.75, 3.05) is 23.3 Å². The van der Waals surface area contributed by atoms with Gasteiger partial charge in [0.05, 0.1) is 10.7 Å². The zero-order valence-electron chi connectivity index (χ0n) is 15.6. The Bertz CT molecular complexity index is 1100. The minimum Gasteiger partial charge on any atom is -0.353 e. The minimum absolute atomic E-state index is 0.139. The summed E-state index contributed by atoms with van der Waals surface area (Å²) < 4.78 is 15.8. The second-order valence-electron chi connectivity index (χ2n) is 6.96. The van der Waals surface area contributed by atoms with Crippen LogP contribution in [0.1, 0.15) is 25.7 Å². The van der Waals surface area contributed by atoms with Gasteiger partial charge in [-0.25, -0.2) is 23.3 Å². The van der Waals surface area contributed by atoms with Gasteiger partial charge in [-0.05, 0) is 31.0 Å². The van der Waals surface area contributed by atoms with Gasteiger partial charge in [0.15, 0.2) is 5.82 Å². The van der Waals surface area contributed by atoms with Crippen LogP contribution in [0.15, 0.2) is 35.4 Å². The van der Waals surface area contributed by atoms with Gasteiger partial charge in [0.25, 0.3) is 0 Å². The highest BCUT2D eigenvalue weighted by Gasteiger charge is 2.19. The summed E-state index contributed by atoms with van der Waals surface area (Å²) >= 11 is 5.98. The molecule has 0 unspecified atom stereocenters. The van der Waals surface area contributed by atoms with E-state index >= 15 is 0 Å². The van der Waals surface area contributed by atoms with Crippen molar-refractivity contribution in [3.05, 3.63) is 51.9 Å². The number of fused-ring (bicyclic) bond motifs is 1. The molecule has 0 saturated carbocycles. The molecule has 0 aliphatic carbocycles. The number of amides is 1. The summed E-state index contributed by atoms with van der Waals surface area (Å²) in [5, 5.41) is 7.05. The van der Waals surface area contributed by atoms with Crippen LogP contribution < -0.4 is 15.9 Å². The van der Waals surface area contributed by atoms with Crippen LogP contribution >= 0.6 is 11.6 Å². The molecule has 0 radical (unpaired) electrons. The van der Waals surface area contributed by atoms with Gasteiger partial charge >= 0.3 is 5.69 Å². The van der Waals surface area contributed by atoms with E-state index in [0.29, 0.717) is 11.5 Å². The summed E-state index contributed by atoms with van der Waals surface area (Å²) in [6, 6.07) is 3.67. The number of nitrogens with zero attached hydrogens (tertiary/aromatic N) is 5. The van der Waals surface area contributed by atoms with Gasteiger partial charge in [0.2, 0.25) is 11.6 Å². The number of anilines is 2. The predicted molar refractivity (Wildman–Crippen MR) is 108 cm³/mol. The van der Waals surface area contributed by atoms with Crippen molar-refractivity contribution in [3.8, 4) is 0 Å². The predicted octanol–water partition coefficient (Wildman–Crippen LogP) is 2.70. The molecule has 0 bridgehead atoms. The van der Waals surface area contributed by atoms with Crippen molar-refractivity contribution in [2.24, 2.45) is 0 Å². The number of halogens is 2. The van der Waals surface area contributed by atoms with Crippen LogP contribution in [0.3, 0.4) is 0 Å². The largest absolute Gasteiger partial charge is 0.353 e. The monoisotopic (exact) mass is 418 g/mol. The van der Waals surface area contributed by atoms with Crippen LogP contribution in [0, 0.1) is 5.82 Å². The second kappa shape index (κ2) is 8.20. The van der Waals surface area contributed by atoms with Gasteiger partial charge in [-0.3, -0.25) is 4.79 Å². The number of hydrogen-bond acceptors (Lipinski definition) is 5. The fraction of sp³-hybridized carbons (Fsp3) is 0.368. The number of hydrogen-bond donors (Lipinski definition) is 1. The Morgan fingerprint density at radius 1 is 1.21 bits per heavy atom. The molecule has 1 aliphatic rings. The van der Waals surface area contributed by atoms with Crippen molar-refractivity contribution in [1.29, 1.82) is 0 Å². The Morgan fingerprint density at radius 3 is 2.72 bits per heavy atom. The third-order valence-corrected chi connectivity index (χ3v) is 5.21. The molecule has 0 spiro atoms. The third kappa shape index (κ3) is 4.09. The van der Waals surface area contributed by atoms with Crippen LogP contribution in [0.25, 0.3) is 5.65 Å². The molecule has 1 saturated heterocycles. The van der Waals surface area contributed by atoms with Crippen LogP contribution in [0.4, 0.5) is 15.9 Å². The molecule has 4 rings (SSSR count). The van der Waals surface area contributed by atoms with E-state index in [4.69, 9.17) is 11.6 Å². The van der Waals surface area contributed by atoms with Crippen molar-refractivity contribution >= 4 is 34.7 Å². The first-order chi connectivity index (χ1) is 14.0. The Morgan fingerprint density at radius 2 is 1.97 bits per heavy atom. The highest BCUT2D eigenvalue weighted by molar-refractivity contribution is 6.33. The summed E-state index contributed by atoms with van der Waals surface area (Å²) in [5.41, 5.74) is 0.107. The Hall–Kier alpha value is -2.94. The molecule has 0 atom stereocenters. The van der Waals surface area contributed by atoms with Crippen LogP contribution in [0.5, 0.6) is 0 Å². The first-order valence-corrected chi connectivity index (χ1v) is 9.85. The number of nitrogens with one attached hydrogen (secondary N) is 1. The molecule has 3 aromatic rings. The zero-order chi connectivity index (χ0) is 20.4. The van der Waals surface area contributed by atoms with Gasteiger partial charge in [-0.2, -0.15) is 0 Å². The van der Waals surface area contributed by atoms with Crippen molar-refractivity contribution in [2.45, 2.75) is 32.2 Å². The lowest BCUT2D eigenvalue weighted by molar-refractivity contribution is -0.117. The Balaban J connectivity index is 1.60. The average molecular weight is 419 g/mol. The number of carbonyl (C=O) groups excluding carboxylic acids is 1. The van der Waals surface area contributed by atoms with E-state index in [1.807, 2.05) is 0 Å². The minimum atomic E-state index is -0.535. The lowest BCUT2D eigenvalue weighted by atomic mass is 10.2. The quantitative estimate of drug-likeness (QED) is 0.704. The molecule has 8 nitrogen and oxygen atoms in total. The molecule has 29 heavy (non-hydrogen) atoms. The first-order valence-electron chi connectivity index (χ1n) is 9.47. The molecule has 1 fully saturated rings. The van der Waals surface area contributed by atoms with E-state index in [1.165, 1.54) is 35.6 Å². The van der Waals surface area contributed by atoms with E-state index in [9.17, 15) is 14.0 Å². The molecule has 3 heterocycles. The lowest BCUT2D eigenvalue weighted by Crippen LogP contribution is -2.28. The van der Waals surface area contributed by atoms with E-state index in [-0.39, 0.29) is 17.3 Å². The van der Waals surface area contributed by atoms with Crippen LogP contribution in [-0.4, -0.2) is 38.2 Å². The molecule has 1 amide bonds. The number of benzene rings is 1. The average Bonchev–Trinajstić information content (AvgIpc) is 2.88. The highest BCUT2D eigenvalue weighted by atomic mass is 35.5. The zero-order valence-corrected chi connectivity index (χ0v) is 16.4. The molecule has 1 aromatic carbocycles. The molecule has 10 heteroatoms. The van der Waals surface area contributed by atoms with Gasteiger partial charge < -0.3 is 10.2 Å². The lowest BCUT2D eigenvalue weighted by Gasteiger charge is -2.20. The third-order valence-electron chi connectivity index (χ3n) is 4.88. The summed E-state index contributed by atoms with van der Waals surface area (Å²) in [7, 11) is 0. The normalized spacial score (nSPS) is 14.8. The molecular weight excluding hydrogens is 399 g/mol. The molecule has 1 N–H and O–H groups in total. The summed E-state index contributed by atoms with van der Waals surface area (Å²) in [6.45, 7) is 1.38. The van der Waals surface area contributed by atoms with Gasteiger partial charge in [0.1, 0.15) is 12.4 Å². The van der Waals surface area contributed by atoms with E-state index < -0.39 is 17.4 Å². The Kier molecular flexibility index (Phi) is 5.48.